The molecule has 2 nitrogen and oxygen atoms in total. The van der Waals surface area contributed by atoms with Gasteiger partial charge in [-0.1, -0.05) is 26.0 Å². The van der Waals surface area contributed by atoms with Gasteiger partial charge in [0.25, 0.3) is 0 Å². The van der Waals surface area contributed by atoms with Crippen LogP contribution in [0.3, 0.4) is 0 Å². The van der Waals surface area contributed by atoms with Crippen LogP contribution >= 0.6 is 0 Å². The highest BCUT2D eigenvalue weighted by atomic mass is 19.4. The van der Waals surface area contributed by atoms with Crippen molar-refractivity contribution in [3.05, 3.63) is 35.6 Å². The zero-order valence-corrected chi connectivity index (χ0v) is 12.1. The van der Waals surface area contributed by atoms with Crippen LogP contribution in [-0.4, -0.2) is 36.5 Å². The molecule has 0 aromatic heterocycles. The molecule has 0 amide bonds. The fourth-order valence-electron chi connectivity index (χ4n) is 2.20. The zero-order chi connectivity index (χ0) is 16.0. The number of alkyl halides is 3. The summed E-state index contributed by atoms with van der Waals surface area (Å²) >= 11 is 0. The van der Waals surface area contributed by atoms with Crippen molar-refractivity contribution in [2.24, 2.45) is 5.92 Å². The Balaban J connectivity index is 2.75. The first-order valence-corrected chi connectivity index (χ1v) is 6.82. The minimum atomic E-state index is -4.31. The van der Waals surface area contributed by atoms with Crippen LogP contribution in [0.2, 0.25) is 0 Å². The number of carbonyl (C=O) groups excluding carboxylic acids is 1. The monoisotopic (exact) mass is 305 g/mol. The van der Waals surface area contributed by atoms with E-state index in [4.69, 9.17) is 0 Å². The molecule has 0 spiro atoms. The quantitative estimate of drug-likeness (QED) is 0.562. The van der Waals surface area contributed by atoms with Gasteiger partial charge < -0.3 is 0 Å². The molecule has 0 aliphatic carbocycles. The van der Waals surface area contributed by atoms with Crippen molar-refractivity contribution in [2.45, 2.75) is 26.4 Å². The van der Waals surface area contributed by atoms with E-state index >= 15 is 0 Å². The van der Waals surface area contributed by atoms with Crippen LogP contribution in [0.25, 0.3) is 0 Å². The molecule has 1 unspecified atom stereocenters. The molecule has 0 radical (unpaired) electrons. The van der Waals surface area contributed by atoms with E-state index in [1.54, 1.807) is 6.92 Å². The van der Waals surface area contributed by atoms with Crippen LogP contribution < -0.4 is 0 Å². The van der Waals surface area contributed by atoms with E-state index in [9.17, 15) is 22.4 Å². The van der Waals surface area contributed by atoms with Gasteiger partial charge in [0.05, 0.1) is 12.1 Å². The summed E-state index contributed by atoms with van der Waals surface area (Å²) in [4.78, 5) is 13.3. The highest BCUT2D eigenvalue weighted by molar-refractivity contribution is 5.98. The molecule has 1 aromatic rings. The average Bonchev–Trinajstić information content (AvgIpc) is 2.36. The van der Waals surface area contributed by atoms with Crippen molar-refractivity contribution in [2.75, 3.05) is 19.6 Å². The van der Waals surface area contributed by atoms with Crippen LogP contribution in [0.5, 0.6) is 0 Å². The SMILES string of the molecule is CCCN(CC(C)C(=O)c1ccccc1F)CC(F)(F)F. The lowest BCUT2D eigenvalue weighted by Gasteiger charge is -2.25. The number of ketones is 1. The Morgan fingerprint density at radius 3 is 2.43 bits per heavy atom. The summed E-state index contributed by atoms with van der Waals surface area (Å²) in [6.07, 6.45) is -3.76. The maximum absolute atomic E-state index is 13.5. The fourth-order valence-corrected chi connectivity index (χ4v) is 2.20. The van der Waals surface area contributed by atoms with E-state index in [2.05, 4.69) is 0 Å². The third-order valence-electron chi connectivity index (χ3n) is 3.06. The van der Waals surface area contributed by atoms with Gasteiger partial charge in [0, 0.05) is 12.5 Å². The van der Waals surface area contributed by atoms with Crippen molar-refractivity contribution in [3.8, 4) is 0 Å². The largest absolute Gasteiger partial charge is 0.401 e. The van der Waals surface area contributed by atoms with Gasteiger partial charge in [0.2, 0.25) is 0 Å². The smallest absolute Gasteiger partial charge is 0.294 e. The Labute approximate surface area is 121 Å². The van der Waals surface area contributed by atoms with E-state index in [1.165, 1.54) is 36.1 Å². The lowest BCUT2D eigenvalue weighted by atomic mass is 9.98. The van der Waals surface area contributed by atoms with Gasteiger partial charge in [0.1, 0.15) is 5.82 Å². The molecule has 0 bridgehead atoms. The van der Waals surface area contributed by atoms with E-state index < -0.39 is 30.2 Å². The molecule has 0 saturated heterocycles. The lowest BCUT2D eigenvalue weighted by molar-refractivity contribution is -0.146. The first-order valence-electron chi connectivity index (χ1n) is 6.82. The van der Waals surface area contributed by atoms with Gasteiger partial charge in [-0.3, -0.25) is 9.69 Å². The number of Topliss-reactive ketones (excluding diaryl/α,β-unsaturated/α-hetero) is 1. The second-order valence-electron chi connectivity index (χ2n) is 5.10. The molecular weight excluding hydrogens is 286 g/mol. The maximum atomic E-state index is 13.5. The number of halogens is 4. The molecule has 1 aromatic carbocycles. The molecule has 0 saturated carbocycles. The first-order chi connectivity index (χ1) is 9.74. The Kier molecular flexibility index (Phi) is 6.33. The van der Waals surface area contributed by atoms with Crippen molar-refractivity contribution in [3.63, 3.8) is 0 Å². The molecule has 0 aliphatic heterocycles. The van der Waals surface area contributed by atoms with Gasteiger partial charge in [-0.15, -0.1) is 0 Å². The van der Waals surface area contributed by atoms with Gasteiger partial charge in [-0.25, -0.2) is 4.39 Å². The minimum Gasteiger partial charge on any atom is -0.294 e. The summed E-state index contributed by atoms with van der Waals surface area (Å²) in [6, 6.07) is 5.51. The number of hydrogen-bond donors (Lipinski definition) is 0. The predicted octanol–water partition coefficient (Wildman–Crippen LogP) is 3.92. The van der Waals surface area contributed by atoms with E-state index in [1.807, 2.05) is 0 Å². The number of rotatable bonds is 7. The predicted molar refractivity (Wildman–Crippen MR) is 72.7 cm³/mol. The van der Waals surface area contributed by atoms with Crippen LogP contribution in [0, 0.1) is 11.7 Å². The van der Waals surface area contributed by atoms with Crippen LogP contribution in [-0.2, 0) is 0 Å². The molecule has 6 heteroatoms. The minimum absolute atomic E-state index is 0.0412. The second kappa shape index (κ2) is 7.54. The third-order valence-corrected chi connectivity index (χ3v) is 3.06. The topological polar surface area (TPSA) is 20.3 Å². The third kappa shape index (κ3) is 5.83. The molecule has 0 aliphatic rings. The second-order valence-corrected chi connectivity index (χ2v) is 5.10. The molecule has 0 heterocycles. The lowest BCUT2D eigenvalue weighted by Crippen LogP contribution is -2.39. The molecular formula is C15H19F4NO. The highest BCUT2D eigenvalue weighted by Crippen LogP contribution is 2.19. The molecule has 118 valence electrons. The summed E-state index contributed by atoms with van der Waals surface area (Å²) < 4.78 is 51.0. The zero-order valence-electron chi connectivity index (χ0n) is 12.1. The van der Waals surface area contributed by atoms with Crippen LogP contribution in [0.15, 0.2) is 24.3 Å². The molecule has 1 rings (SSSR count). The Bertz CT molecular complexity index is 473. The summed E-state index contributed by atoms with van der Waals surface area (Å²) in [5, 5.41) is 0. The molecule has 0 fully saturated rings. The van der Waals surface area contributed by atoms with Crippen molar-refractivity contribution >= 4 is 5.78 Å². The van der Waals surface area contributed by atoms with Crippen molar-refractivity contribution in [1.82, 2.24) is 4.90 Å². The normalized spacial score (nSPS) is 13.5. The van der Waals surface area contributed by atoms with Crippen LogP contribution in [0.1, 0.15) is 30.6 Å². The summed E-state index contributed by atoms with van der Waals surface area (Å²) in [5.74, 6) is -1.82. The Hall–Kier alpha value is -1.43. The summed E-state index contributed by atoms with van der Waals surface area (Å²) in [6.45, 7) is 2.44. The highest BCUT2D eigenvalue weighted by Gasteiger charge is 2.32. The maximum Gasteiger partial charge on any atom is 0.401 e. The van der Waals surface area contributed by atoms with E-state index in [0.717, 1.165) is 0 Å². The number of nitrogens with zero attached hydrogens (tertiary/aromatic N) is 1. The van der Waals surface area contributed by atoms with Crippen molar-refractivity contribution in [1.29, 1.82) is 0 Å². The molecule has 21 heavy (non-hydrogen) atoms. The van der Waals surface area contributed by atoms with Crippen molar-refractivity contribution < 1.29 is 22.4 Å². The van der Waals surface area contributed by atoms with Gasteiger partial charge in [-0.2, -0.15) is 13.2 Å². The Morgan fingerprint density at radius 1 is 1.29 bits per heavy atom. The van der Waals surface area contributed by atoms with Gasteiger partial charge in [0.15, 0.2) is 5.78 Å². The van der Waals surface area contributed by atoms with Crippen LogP contribution in [0.4, 0.5) is 17.6 Å². The number of benzene rings is 1. The first kappa shape index (κ1) is 17.6. The summed E-state index contributed by atoms with van der Waals surface area (Å²) in [7, 11) is 0. The number of carbonyl (C=O) groups is 1. The molecule has 0 N–H and O–H groups in total. The fraction of sp³-hybridized carbons (Fsp3) is 0.533. The number of hydrogen-bond acceptors (Lipinski definition) is 2. The van der Waals surface area contributed by atoms with Gasteiger partial charge >= 0.3 is 6.18 Å². The summed E-state index contributed by atoms with van der Waals surface area (Å²) in [5.41, 5.74) is -0.0755. The van der Waals surface area contributed by atoms with E-state index in [-0.39, 0.29) is 18.7 Å². The van der Waals surface area contributed by atoms with E-state index in [0.29, 0.717) is 6.42 Å². The standard InChI is InChI=1S/C15H19F4NO/c1-3-8-20(10-15(17,18)19)9-11(2)14(21)12-6-4-5-7-13(12)16/h4-7,11H,3,8-10H2,1-2H3. The molecule has 1 atom stereocenters. The van der Waals surface area contributed by atoms with Gasteiger partial charge in [-0.05, 0) is 25.1 Å². The average molecular weight is 305 g/mol. The Morgan fingerprint density at radius 2 is 1.90 bits per heavy atom.